The Hall–Kier alpha value is -1.86. The van der Waals surface area contributed by atoms with Gasteiger partial charge in [0.2, 0.25) is 0 Å². The maximum absolute atomic E-state index is 8.06. The van der Waals surface area contributed by atoms with Gasteiger partial charge in [-0.2, -0.15) is 0 Å². The molecule has 2 fully saturated rings. The number of piperazine rings is 1. The van der Waals surface area contributed by atoms with Crippen LogP contribution in [0.1, 0.15) is 37.8 Å². The quantitative estimate of drug-likeness (QED) is 0.462. The van der Waals surface area contributed by atoms with Crippen LogP contribution < -0.4 is 10.2 Å². The van der Waals surface area contributed by atoms with E-state index >= 15 is 0 Å². The lowest BCUT2D eigenvalue weighted by atomic mass is 9.99. The van der Waals surface area contributed by atoms with Crippen LogP contribution in [-0.2, 0) is 6.54 Å². The Morgan fingerprint density at radius 3 is 2.48 bits per heavy atom. The Morgan fingerprint density at radius 1 is 1.12 bits per heavy atom. The average Bonchev–Trinajstić information content (AvgIpc) is 2.81. The molecular weight excluding hydrogens is 455 g/mol. The highest BCUT2D eigenvalue weighted by Gasteiger charge is 2.32. The van der Waals surface area contributed by atoms with E-state index in [1.165, 1.54) is 18.4 Å². The molecule has 0 bridgehead atoms. The summed E-state index contributed by atoms with van der Waals surface area (Å²) in [6.45, 7) is 11.1. The molecule has 0 spiro atoms. The van der Waals surface area contributed by atoms with Crippen molar-refractivity contribution in [3.63, 3.8) is 0 Å². The Kier molecular flexibility index (Phi) is 8.12. The molecule has 0 saturated carbocycles. The second-order valence-corrected chi connectivity index (χ2v) is 9.95. The fraction of sp³-hybridized carbons (Fsp3) is 0.520. The van der Waals surface area contributed by atoms with Gasteiger partial charge >= 0.3 is 0 Å². The van der Waals surface area contributed by atoms with Gasteiger partial charge in [0, 0.05) is 61.6 Å². The van der Waals surface area contributed by atoms with Crippen LogP contribution in [0.3, 0.4) is 0 Å². The zero-order valence-corrected chi connectivity index (χ0v) is 21.0. The van der Waals surface area contributed by atoms with Gasteiger partial charge in [0.15, 0.2) is 0 Å². The molecule has 33 heavy (non-hydrogen) atoms. The maximum atomic E-state index is 8.06. The molecule has 3 heterocycles. The number of benzene rings is 1. The van der Waals surface area contributed by atoms with E-state index in [0.717, 1.165) is 55.7 Å². The lowest BCUT2D eigenvalue weighted by Gasteiger charge is -2.47. The second kappa shape index (κ2) is 11.0. The molecule has 4 rings (SSSR count). The van der Waals surface area contributed by atoms with Crippen LogP contribution in [0.25, 0.3) is 0 Å². The average molecular weight is 489 g/mol. The lowest BCUT2D eigenvalue weighted by Crippen LogP contribution is -2.57. The second-order valence-electron chi connectivity index (χ2n) is 9.10. The minimum absolute atomic E-state index is 0.360. The van der Waals surface area contributed by atoms with Gasteiger partial charge in [-0.1, -0.05) is 35.3 Å². The van der Waals surface area contributed by atoms with Crippen molar-refractivity contribution in [3.8, 4) is 0 Å². The predicted molar refractivity (Wildman–Crippen MR) is 138 cm³/mol. The first-order valence-electron chi connectivity index (χ1n) is 11.9. The molecule has 2 aliphatic rings. The van der Waals surface area contributed by atoms with Crippen LogP contribution in [0.4, 0.5) is 5.82 Å². The van der Waals surface area contributed by atoms with Gasteiger partial charge in [-0.3, -0.25) is 15.2 Å². The Morgan fingerprint density at radius 2 is 1.85 bits per heavy atom. The van der Waals surface area contributed by atoms with Crippen molar-refractivity contribution >= 4 is 34.9 Å². The molecule has 8 heteroatoms. The number of nitrogens with zero attached hydrogens (tertiary/aromatic N) is 4. The minimum atomic E-state index is 0.360. The van der Waals surface area contributed by atoms with Crippen molar-refractivity contribution in [2.75, 3.05) is 44.2 Å². The molecule has 6 nitrogen and oxygen atoms in total. The van der Waals surface area contributed by atoms with Crippen molar-refractivity contribution in [2.24, 2.45) is 0 Å². The summed E-state index contributed by atoms with van der Waals surface area (Å²) in [5.41, 5.74) is 2.05. The molecule has 1 aromatic carbocycles. The van der Waals surface area contributed by atoms with Gasteiger partial charge in [-0.05, 0) is 63.5 Å². The largest absolute Gasteiger partial charge is 0.370 e. The molecular formula is C25H34Cl2N6. The van der Waals surface area contributed by atoms with E-state index in [9.17, 15) is 0 Å². The third kappa shape index (κ3) is 5.99. The number of aromatic nitrogens is 1. The fourth-order valence-corrected chi connectivity index (χ4v) is 5.45. The summed E-state index contributed by atoms with van der Waals surface area (Å²) in [5, 5.41) is 12.5. The molecule has 2 aromatic rings. The van der Waals surface area contributed by atoms with Crippen molar-refractivity contribution in [3.05, 3.63) is 57.7 Å². The monoisotopic (exact) mass is 488 g/mol. The van der Waals surface area contributed by atoms with Crippen LogP contribution >= 0.6 is 23.2 Å². The van der Waals surface area contributed by atoms with Crippen LogP contribution in [0.2, 0.25) is 10.0 Å². The lowest BCUT2D eigenvalue weighted by molar-refractivity contribution is 0.0690. The first-order valence-corrected chi connectivity index (χ1v) is 12.7. The zero-order valence-electron chi connectivity index (χ0n) is 19.5. The summed E-state index contributed by atoms with van der Waals surface area (Å²) in [6.07, 6.45) is 4.16. The van der Waals surface area contributed by atoms with E-state index in [1.54, 1.807) is 6.20 Å². The number of rotatable bonds is 6. The molecule has 0 aliphatic carbocycles. The van der Waals surface area contributed by atoms with Crippen molar-refractivity contribution in [2.45, 2.75) is 45.3 Å². The fourth-order valence-electron chi connectivity index (χ4n) is 5.04. The summed E-state index contributed by atoms with van der Waals surface area (Å²) in [4.78, 5) is 12.1. The van der Waals surface area contributed by atoms with Gasteiger partial charge < -0.3 is 10.2 Å². The van der Waals surface area contributed by atoms with Crippen LogP contribution in [-0.4, -0.2) is 72.0 Å². The van der Waals surface area contributed by atoms with E-state index in [4.69, 9.17) is 28.6 Å². The molecule has 178 valence electrons. The number of hydrogen-bond acceptors (Lipinski definition) is 5. The minimum Gasteiger partial charge on any atom is -0.370 e. The van der Waals surface area contributed by atoms with E-state index < -0.39 is 0 Å². The first-order chi connectivity index (χ1) is 15.9. The summed E-state index contributed by atoms with van der Waals surface area (Å²) < 4.78 is 0. The molecule has 2 saturated heterocycles. The van der Waals surface area contributed by atoms with E-state index in [1.807, 2.05) is 25.1 Å². The zero-order chi connectivity index (χ0) is 23.4. The molecule has 0 unspecified atom stereocenters. The van der Waals surface area contributed by atoms with Crippen molar-refractivity contribution < 1.29 is 0 Å². The number of anilines is 1. The molecule has 1 aromatic heterocycles. The van der Waals surface area contributed by atoms with Gasteiger partial charge in [-0.15, -0.1) is 0 Å². The third-order valence-corrected chi connectivity index (χ3v) is 7.32. The molecule has 2 aliphatic heterocycles. The summed E-state index contributed by atoms with van der Waals surface area (Å²) >= 11 is 12.6. The number of likely N-dealkylation sites (tertiary alicyclic amines) is 1. The molecule has 0 amide bonds. The Labute approximate surface area is 207 Å². The topological polar surface area (TPSA) is 58.5 Å². The van der Waals surface area contributed by atoms with Crippen LogP contribution in [0.5, 0.6) is 0 Å². The summed E-state index contributed by atoms with van der Waals surface area (Å²) in [7, 11) is 0. The van der Waals surface area contributed by atoms with Crippen LogP contribution in [0.15, 0.2) is 36.5 Å². The highest BCUT2D eigenvalue weighted by molar-refractivity contribution is 6.33. The number of piperidine rings is 1. The first kappa shape index (κ1) is 24.3. The third-order valence-electron chi connectivity index (χ3n) is 6.79. The number of halogens is 2. The summed E-state index contributed by atoms with van der Waals surface area (Å²) in [6, 6.07) is 11.1. The number of pyridine rings is 1. The van der Waals surface area contributed by atoms with E-state index in [0.29, 0.717) is 29.5 Å². The van der Waals surface area contributed by atoms with Crippen molar-refractivity contribution in [1.29, 1.82) is 5.41 Å². The Bertz CT molecular complexity index is 942. The molecule has 0 radical (unpaired) electrons. The van der Waals surface area contributed by atoms with E-state index in [2.05, 4.69) is 44.1 Å². The van der Waals surface area contributed by atoms with Crippen LogP contribution in [0, 0.1) is 5.41 Å². The number of amidine groups is 1. The predicted octanol–water partition coefficient (Wildman–Crippen LogP) is 4.50. The van der Waals surface area contributed by atoms with E-state index in [-0.39, 0.29) is 0 Å². The Balaban J connectivity index is 1.30. The highest BCUT2D eigenvalue weighted by atomic mass is 35.5. The van der Waals surface area contributed by atoms with Gasteiger partial charge in [0.1, 0.15) is 11.7 Å². The van der Waals surface area contributed by atoms with Gasteiger partial charge in [-0.25, -0.2) is 4.98 Å². The summed E-state index contributed by atoms with van der Waals surface area (Å²) in [5.74, 6) is 1.19. The van der Waals surface area contributed by atoms with Gasteiger partial charge in [0.25, 0.3) is 0 Å². The number of hydrogen-bond donors (Lipinski definition) is 2. The highest BCUT2D eigenvalue weighted by Crippen LogP contribution is 2.29. The standard InChI is InChI=1S/C25H34Cl2N6/c1-3-29-24(28)20-14-23(27)25(30-15-20)32-12-13-33(18(2)16-32)22-8-10-31(11-9-22)17-19-4-6-21(26)7-5-19/h4-7,14-15,18,22H,3,8-13,16-17H2,1-2H3,(H2,28,29)/t18-/m0/s1. The molecule has 2 N–H and O–H groups in total. The molecule has 1 atom stereocenters. The maximum Gasteiger partial charge on any atom is 0.147 e. The number of nitrogens with one attached hydrogen (secondary N) is 2. The van der Waals surface area contributed by atoms with Gasteiger partial charge in [0.05, 0.1) is 5.02 Å². The normalized spacial score (nSPS) is 20.7. The van der Waals surface area contributed by atoms with Crippen molar-refractivity contribution in [1.82, 2.24) is 20.1 Å². The SMILES string of the molecule is CCNC(=N)c1cnc(N2CCN(C3CCN(Cc4ccc(Cl)cc4)CC3)[C@@H](C)C2)c(Cl)c1. The smallest absolute Gasteiger partial charge is 0.147 e.